The summed E-state index contributed by atoms with van der Waals surface area (Å²) in [4.78, 5) is 22.5. The molecular formula is C12H10F2N2O3. The van der Waals surface area contributed by atoms with Gasteiger partial charge in [0.05, 0.1) is 6.07 Å². The molecule has 0 saturated carbocycles. The van der Waals surface area contributed by atoms with Crippen LogP contribution in [-0.2, 0) is 4.79 Å². The summed E-state index contributed by atoms with van der Waals surface area (Å²) >= 11 is 0. The molecule has 100 valence electrons. The number of carbonyl (C=O) groups is 2. The lowest BCUT2D eigenvalue weighted by Crippen LogP contribution is -2.40. The monoisotopic (exact) mass is 268 g/mol. The maximum atomic E-state index is 12.9. The summed E-state index contributed by atoms with van der Waals surface area (Å²) in [5.74, 6) is -4.10. The molecule has 1 amide bonds. The molecule has 0 aromatic heterocycles. The van der Waals surface area contributed by atoms with Gasteiger partial charge in [0.15, 0.2) is 0 Å². The van der Waals surface area contributed by atoms with E-state index in [2.05, 4.69) is 5.32 Å². The van der Waals surface area contributed by atoms with Crippen molar-refractivity contribution in [2.24, 2.45) is 0 Å². The molecule has 0 spiro atoms. The molecule has 1 aromatic carbocycles. The number of benzene rings is 1. The molecule has 0 saturated heterocycles. The molecule has 0 aliphatic carbocycles. The maximum Gasteiger partial charge on any atom is 0.326 e. The van der Waals surface area contributed by atoms with Crippen molar-refractivity contribution in [2.75, 3.05) is 0 Å². The van der Waals surface area contributed by atoms with Gasteiger partial charge in [-0.2, -0.15) is 5.26 Å². The Kier molecular flexibility index (Phi) is 4.94. The number of carboxylic acids is 1. The predicted octanol–water partition coefficient (Wildman–Crippen LogP) is 1.45. The molecule has 0 unspecified atom stereocenters. The Hall–Kier alpha value is -2.49. The fraction of sp³-hybridized carbons (Fsp3) is 0.250. The summed E-state index contributed by atoms with van der Waals surface area (Å²) in [7, 11) is 0. The molecule has 0 fully saturated rings. The molecule has 0 heterocycles. The number of hydrogen-bond acceptors (Lipinski definition) is 3. The number of nitrogens with zero attached hydrogens (tertiary/aromatic N) is 1. The van der Waals surface area contributed by atoms with Gasteiger partial charge in [0.1, 0.15) is 17.7 Å². The SMILES string of the molecule is N#CCC[C@H](NC(=O)c1cc(F)cc(F)c1)C(=O)O. The third kappa shape index (κ3) is 4.35. The van der Waals surface area contributed by atoms with E-state index in [0.717, 1.165) is 12.1 Å². The van der Waals surface area contributed by atoms with Crippen molar-refractivity contribution in [2.45, 2.75) is 18.9 Å². The molecule has 5 nitrogen and oxygen atoms in total. The van der Waals surface area contributed by atoms with Gasteiger partial charge in [0.25, 0.3) is 5.91 Å². The number of rotatable bonds is 5. The molecule has 0 radical (unpaired) electrons. The van der Waals surface area contributed by atoms with E-state index in [9.17, 15) is 18.4 Å². The van der Waals surface area contributed by atoms with E-state index < -0.39 is 29.6 Å². The largest absolute Gasteiger partial charge is 0.480 e. The summed E-state index contributed by atoms with van der Waals surface area (Å²) in [6.45, 7) is 0. The van der Waals surface area contributed by atoms with E-state index in [-0.39, 0.29) is 18.4 Å². The van der Waals surface area contributed by atoms with Crippen LogP contribution in [0.25, 0.3) is 0 Å². The van der Waals surface area contributed by atoms with Gasteiger partial charge in [0, 0.05) is 18.1 Å². The molecule has 7 heteroatoms. The van der Waals surface area contributed by atoms with Gasteiger partial charge in [0.2, 0.25) is 0 Å². The lowest BCUT2D eigenvalue weighted by molar-refractivity contribution is -0.139. The van der Waals surface area contributed by atoms with Gasteiger partial charge in [-0.05, 0) is 18.6 Å². The van der Waals surface area contributed by atoms with E-state index in [0.29, 0.717) is 6.07 Å². The Balaban J connectivity index is 2.82. The Morgan fingerprint density at radius 3 is 2.37 bits per heavy atom. The Bertz CT molecular complexity index is 520. The first-order valence-electron chi connectivity index (χ1n) is 5.30. The minimum absolute atomic E-state index is 0.0608. The van der Waals surface area contributed by atoms with Crippen LogP contribution in [0.4, 0.5) is 8.78 Å². The molecule has 19 heavy (non-hydrogen) atoms. The highest BCUT2D eigenvalue weighted by atomic mass is 19.1. The summed E-state index contributed by atoms with van der Waals surface area (Å²) in [5.41, 5.74) is -0.319. The van der Waals surface area contributed by atoms with Gasteiger partial charge >= 0.3 is 5.97 Å². The Labute approximate surface area is 107 Å². The van der Waals surface area contributed by atoms with E-state index in [1.807, 2.05) is 0 Å². The number of halogens is 2. The number of amides is 1. The smallest absolute Gasteiger partial charge is 0.326 e. The quantitative estimate of drug-likeness (QED) is 0.845. The maximum absolute atomic E-state index is 12.9. The average molecular weight is 268 g/mol. The summed E-state index contributed by atoms with van der Waals surface area (Å²) in [6.07, 6.45) is -0.149. The Morgan fingerprint density at radius 1 is 1.32 bits per heavy atom. The average Bonchev–Trinajstić information content (AvgIpc) is 2.32. The highest BCUT2D eigenvalue weighted by molar-refractivity contribution is 5.96. The standard InChI is InChI=1S/C12H10F2N2O3/c13-8-4-7(5-9(14)6-8)11(17)16-10(12(18)19)2-1-3-15/h4-6,10H,1-2H2,(H,16,17)(H,18,19)/t10-/m0/s1. The summed E-state index contributed by atoms with van der Waals surface area (Å²) in [6, 6.07) is 2.66. The van der Waals surface area contributed by atoms with Crippen LogP contribution in [0.3, 0.4) is 0 Å². The second-order valence-corrected chi connectivity index (χ2v) is 3.72. The van der Waals surface area contributed by atoms with Gasteiger partial charge in [-0.3, -0.25) is 4.79 Å². The van der Waals surface area contributed by atoms with Gasteiger partial charge < -0.3 is 10.4 Å². The number of aliphatic carboxylic acids is 1. The van der Waals surface area contributed by atoms with Crippen molar-refractivity contribution in [3.8, 4) is 6.07 Å². The normalized spacial score (nSPS) is 11.4. The molecule has 2 N–H and O–H groups in total. The van der Waals surface area contributed by atoms with E-state index in [4.69, 9.17) is 10.4 Å². The fourth-order valence-corrected chi connectivity index (χ4v) is 1.39. The molecular weight excluding hydrogens is 258 g/mol. The summed E-state index contributed by atoms with van der Waals surface area (Å²) in [5, 5.41) is 19.3. The molecule has 0 bridgehead atoms. The highest BCUT2D eigenvalue weighted by Crippen LogP contribution is 2.08. The molecule has 1 aromatic rings. The lowest BCUT2D eigenvalue weighted by atomic mass is 10.1. The summed E-state index contributed by atoms with van der Waals surface area (Å²) < 4.78 is 25.8. The van der Waals surface area contributed by atoms with Crippen LogP contribution in [0, 0.1) is 23.0 Å². The van der Waals surface area contributed by atoms with E-state index >= 15 is 0 Å². The number of nitriles is 1. The van der Waals surface area contributed by atoms with Crippen LogP contribution in [0.1, 0.15) is 23.2 Å². The van der Waals surface area contributed by atoms with Crippen molar-refractivity contribution in [3.05, 3.63) is 35.4 Å². The second-order valence-electron chi connectivity index (χ2n) is 3.72. The minimum Gasteiger partial charge on any atom is -0.480 e. The minimum atomic E-state index is -1.32. The molecule has 0 aliphatic heterocycles. The second kappa shape index (κ2) is 6.44. The highest BCUT2D eigenvalue weighted by Gasteiger charge is 2.20. The number of nitrogens with one attached hydrogen (secondary N) is 1. The van der Waals surface area contributed by atoms with Crippen molar-refractivity contribution in [3.63, 3.8) is 0 Å². The third-order valence-corrected chi connectivity index (χ3v) is 2.27. The van der Waals surface area contributed by atoms with Gasteiger partial charge in [-0.25, -0.2) is 13.6 Å². The van der Waals surface area contributed by atoms with Crippen molar-refractivity contribution in [1.82, 2.24) is 5.32 Å². The zero-order valence-corrected chi connectivity index (χ0v) is 9.69. The van der Waals surface area contributed by atoms with Crippen molar-refractivity contribution < 1.29 is 23.5 Å². The molecule has 1 atom stereocenters. The van der Waals surface area contributed by atoms with Gasteiger partial charge in [-0.15, -0.1) is 0 Å². The first kappa shape index (κ1) is 14.6. The number of carbonyl (C=O) groups excluding carboxylic acids is 1. The Morgan fingerprint density at radius 2 is 1.89 bits per heavy atom. The third-order valence-electron chi connectivity index (χ3n) is 2.27. The van der Waals surface area contributed by atoms with Crippen molar-refractivity contribution >= 4 is 11.9 Å². The lowest BCUT2D eigenvalue weighted by Gasteiger charge is -2.13. The predicted molar refractivity (Wildman–Crippen MR) is 60.1 cm³/mol. The van der Waals surface area contributed by atoms with Crippen LogP contribution >= 0.6 is 0 Å². The van der Waals surface area contributed by atoms with E-state index in [1.54, 1.807) is 6.07 Å². The zero-order valence-electron chi connectivity index (χ0n) is 9.69. The number of hydrogen-bond donors (Lipinski definition) is 2. The fourth-order valence-electron chi connectivity index (χ4n) is 1.39. The number of carboxylic acid groups (broad SMARTS) is 1. The van der Waals surface area contributed by atoms with Crippen LogP contribution in [-0.4, -0.2) is 23.0 Å². The zero-order chi connectivity index (χ0) is 14.4. The first-order valence-corrected chi connectivity index (χ1v) is 5.30. The van der Waals surface area contributed by atoms with E-state index in [1.165, 1.54) is 0 Å². The first-order chi connectivity index (χ1) is 8.93. The topological polar surface area (TPSA) is 90.2 Å². The molecule has 1 rings (SSSR count). The molecule has 0 aliphatic rings. The van der Waals surface area contributed by atoms with Crippen LogP contribution in [0.15, 0.2) is 18.2 Å². The van der Waals surface area contributed by atoms with Crippen LogP contribution in [0.5, 0.6) is 0 Å². The van der Waals surface area contributed by atoms with Crippen LogP contribution in [0.2, 0.25) is 0 Å². The van der Waals surface area contributed by atoms with Crippen LogP contribution < -0.4 is 5.32 Å². The van der Waals surface area contributed by atoms with Gasteiger partial charge in [-0.1, -0.05) is 0 Å². The van der Waals surface area contributed by atoms with Crippen molar-refractivity contribution in [1.29, 1.82) is 5.26 Å².